The van der Waals surface area contributed by atoms with E-state index in [1.807, 2.05) is 27.7 Å². The predicted octanol–water partition coefficient (Wildman–Crippen LogP) is 2.22. The number of aliphatic hydroxyl groups excluding tert-OH is 1. The Kier molecular flexibility index (Phi) is 5.33. The van der Waals surface area contributed by atoms with E-state index in [9.17, 15) is 8.42 Å². The van der Waals surface area contributed by atoms with Gasteiger partial charge in [0, 0.05) is 18.0 Å². The summed E-state index contributed by atoms with van der Waals surface area (Å²) in [4.78, 5) is 0.717. The summed E-state index contributed by atoms with van der Waals surface area (Å²) in [7, 11) is -3.42. The van der Waals surface area contributed by atoms with Crippen LogP contribution in [0.25, 0.3) is 0 Å². The number of sulfonamides is 1. The van der Waals surface area contributed by atoms with Crippen molar-refractivity contribution < 1.29 is 13.5 Å². The van der Waals surface area contributed by atoms with Crippen molar-refractivity contribution in [1.29, 1.82) is 0 Å². The summed E-state index contributed by atoms with van der Waals surface area (Å²) in [6, 6.07) is 1.65. The summed E-state index contributed by atoms with van der Waals surface area (Å²) in [5.41, 5.74) is 0.835. The second-order valence-corrected chi connectivity index (χ2v) is 7.98. The largest absolute Gasteiger partial charge is 0.391 e. The van der Waals surface area contributed by atoms with E-state index in [0.29, 0.717) is 22.2 Å². The van der Waals surface area contributed by atoms with Gasteiger partial charge in [-0.05, 0) is 24.5 Å². The van der Waals surface area contributed by atoms with Gasteiger partial charge in [-0.3, -0.25) is 0 Å². The van der Waals surface area contributed by atoms with Gasteiger partial charge in [-0.2, -0.15) is 4.31 Å². The van der Waals surface area contributed by atoms with Crippen molar-refractivity contribution in [2.75, 3.05) is 13.1 Å². The van der Waals surface area contributed by atoms with Gasteiger partial charge < -0.3 is 5.11 Å². The van der Waals surface area contributed by atoms with Crippen LogP contribution in [0.15, 0.2) is 10.3 Å². The van der Waals surface area contributed by atoms with Crippen LogP contribution < -0.4 is 0 Å². The summed E-state index contributed by atoms with van der Waals surface area (Å²) in [5, 5.41) is 9.14. The molecule has 0 saturated heterocycles. The third-order valence-electron chi connectivity index (χ3n) is 2.66. The minimum absolute atomic E-state index is 0.109. The maximum absolute atomic E-state index is 12.4. The molecule has 1 aromatic heterocycles. The van der Waals surface area contributed by atoms with E-state index >= 15 is 0 Å². The molecule has 0 fully saturated rings. The molecular formula is C12H21NO3S2. The first kappa shape index (κ1) is 15.6. The highest BCUT2D eigenvalue weighted by atomic mass is 32.2. The van der Waals surface area contributed by atoms with Gasteiger partial charge in [0.1, 0.15) is 4.21 Å². The average Bonchev–Trinajstić information content (AvgIpc) is 2.67. The number of hydrogen-bond donors (Lipinski definition) is 1. The van der Waals surface area contributed by atoms with E-state index in [0.717, 1.165) is 16.9 Å². The Labute approximate surface area is 113 Å². The molecule has 0 aromatic carbocycles. The Hall–Kier alpha value is -0.430. The molecule has 0 bridgehead atoms. The van der Waals surface area contributed by atoms with Crippen molar-refractivity contribution in [1.82, 2.24) is 4.31 Å². The number of aliphatic hydroxyl groups is 1. The number of nitrogens with zero attached hydrogens (tertiary/aromatic N) is 1. The normalized spacial score (nSPS) is 12.6. The molecule has 1 N–H and O–H groups in total. The zero-order chi connectivity index (χ0) is 13.9. The molecule has 0 aliphatic carbocycles. The lowest BCUT2D eigenvalue weighted by molar-refractivity contribution is 0.285. The fourth-order valence-corrected chi connectivity index (χ4v) is 4.92. The molecular weight excluding hydrogens is 270 g/mol. The molecule has 0 amide bonds. The van der Waals surface area contributed by atoms with Crippen molar-refractivity contribution in [3.05, 3.63) is 16.5 Å². The molecule has 1 heterocycles. The Bertz CT molecular complexity index is 491. The van der Waals surface area contributed by atoms with Crippen LogP contribution >= 0.6 is 11.3 Å². The van der Waals surface area contributed by atoms with Crippen LogP contribution in [-0.2, 0) is 16.6 Å². The van der Waals surface area contributed by atoms with E-state index in [1.165, 1.54) is 4.31 Å². The molecule has 4 nitrogen and oxygen atoms in total. The Morgan fingerprint density at radius 1 is 1.44 bits per heavy atom. The lowest BCUT2D eigenvalue weighted by atomic mass is 10.2. The van der Waals surface area contributed by atoms with Gasteiger partial charge in [0.05, 0.1) is 6.61 Å². The fourth-order valence-electron chi connectivity index (χ4n) is 1.70. The highest BCUT2D eigenvalue weighted by molar-refractivity contribution is 7.91. The Balaban J connectivity index is 3.10. The minimum atomic E-state index is -3.42. The quantitative estimate of drug-likeness (QED) is 0.874. The summed E-state index contributed by atoms with van der Waals surface area (Å²) >= 11 is 1.16. The molecule has 1 rings (SSSR count). The maximum Gasteiger partial charge on any atom is 0.252 e. The van der Waals surface area contributed by atoms with Gasteiger partial charge >= 0.3 is 0 Å². The number of thiophene rings is 1. The van der Waals surface area contributed by atoms with Crippen LogP contribution in [0.5, 0.6) is 0 Å². The zero-order valence-electron chi connectivity index (χ0n) is 11.3. The highest BCUT2D eigenvalue weighted by Crippen LogP contribution is 2.28. The van der Waals surface area contributed by atoms with E-state index in [-0.39, 0.29) is 12.5 Å². The molecule has 6 heteroatoms. The molecule has 0 atom stereocenters. The van der Waals surface area contributed by atoms with Gasteiger partial charge in [-0.1, -0.05) is 20.8 Å². The highest BCUT2D eigenvalue weighted by Gasteiger charge is 2.26. The van der Waals surface area contributed by atoms with Gasteiger partial charge in [-0.25, -0.2) is 8.42 Å². The number of aryl methyl sites for hydroxylation is 1. The van der Waals surface area contributed by atoms with Crippen LogP contribution in [0.1, 0.15) is 31.2 Å². The van der Waals surface area contributed by atoms with Crippen molar-refractivity contribution >= 4 is 21.4 Å². The van der Waals surface area contributed by atoms with Crippen LogP contribution in [-0.4, -0.2) is 30.9 Å². The van der Waals surface area contributed by atoms with Crippen molar-refractivity contribution in [3.63, 3.8) is 0 Å². The van der Waals surface area contributed by atoms with E-state index in [2.05, 4.69) is 0 Å². The lowest BCUT2D eigenvalue weighted by Crippen LogP contribution is -2.33. The second-order valence-electron chi connectivity index (χ2n) is 4.68. The summed E-state index contributed by atoms with van der Waals surface area (Å²) < 4.78 is 26.7. The molecule has 0 unspecified atom stereocenters. The smallest absolute Gasteiger partial charge is 0.252 e. The molecule has 0 radical (unpaired) electrons. The van der Waals surface area contributed by atoms with Gasteiger partial charge in [-0.15, -0.1) is 11.3 Å². The van der Waals surface area contributed by atoms with E-state index < -0.39 is 10.0 Å². The monoisotopic (exact) mass is 291 g/mol. The van der Waals surface area contributed by atoms with Crippen molar-refractivity contribution in [2.24, 2.45) is 5.92 Å². The lowest BCUT2D eigenvalue weighted by Gasteiger charge is -2.21. The maximum atomic E-state index is 12.4. The average molecular weight is 291 g/mol. The van der Waals surface area contributed by atoms with Gasteiger partial charge in [0.15, 0.2) is 0 Å². The minimum Gasteiger partial charge on any atom is -0.391 e. The summed E-state index contributed by atoms with van der Waals surface area (Å²) in [6.45, 7) is 8.53. The van der Waals surface area contributed by atoms with Crippen molar-refractivity contribution in [3.8, 4) is 0 Å². The Morgan fingerprint density at radius 3 is 2.44 bits per heavy atom. The van der Waals surface area contributed by atoms with Gasteiger partial charge in [0.2, 0.25) is 0 Å². The second kappa shape index (κ2) is 6.14. The first-order chi connectivity index (χ1) is 8.32. The molecule has 0 saturated carbocycles. The SMILES string of the molecule is CCN(CC(C)C)S(=O)(=O)c1cc(C)c(CO)s1. The fraction of sp³-hybridized carbons (Fsp3) is 0.667. The molecule has 1 aromatic rings. The molecule has 0 spiro atoms. The topological polar surface area (TPSA) is 57.6 Å². The predicted molar refractivity (Wildman–Crippen MR) is 74.2 cm³/mol. The van der Waals surface area contributed by atoms with Crippen molar-refractivity contribution in [2.45, 2.75) is 38.5 Å². The summed E-state index contributed by atoms with van der Waals surface area (Å²) in [5.74, 6) is 0.290. The van der Waals surface area contributed by atoms with Crippen LogP contribution in [0.4, 0.5) is 0 Å². The first-order valence-corrected chi connectivity index (χ1v) is 8.28. The molecule has 18 heavy (non-hydrogen) atoms. The van der Waals surface area contributed by atoms with E-state index in [1.54, 1.807) is 6.07 Å². The standard InChI is InChI=1S/C12H21NO3S2/c1-5-13(7-9(2)3)18(15,16)12-6-10(4)11(8-14)17-12/h6,9,14H,5,7-8H2,1-4H3. The third-order valence-corrected chi connectivity index (χ3v) is 6.27. The molecule has 0 aliphatic heterocycles. The third kappa shape index (κ3) is 3.32. The van der Waals surface area contributed by atoms with Gasteiger partial charge in [0.25, 0.3) is 10.0 Å². The molecule has 104 valence electrons. The van der Waals surface area contributed by atoms with Crippen LogP contribution in [0.2, 0.25) is 0 Å². The first-order valence-electron chi connectivity index (χ1n) is 6.03. The summed E-state index contributed by atoms with van der Waals surface area (Å²) in [6.07, 6.45) is 0. The van der Waals surface area contributed by atoms with E-state index in [4.69, 9.17) is 5.11 Å². The van der Waals surface area contributed by atoms with Crippen LogP contribution in [0, 0.1) is 12.8 Å². The Morgan fingerprint density at radius 2 is 2.06 bits per heavy atom. The zero-order valence-corrected chi connectivity index (χ0v) is 12.9. The van der Waals surface area contributed by atoms with Crippen LogP contribution in [0.3, 0.4) is 0 Å². The number of rotatable bonds is 6. The number of hydrogen-bond acceptors (Lipinski definition) is 4. The molecule has 0 aliphatic rings.